The fraction of sp³-hybridized carbons (Fsp3) is 0. The minimum atomic E-state index is -1.71. The molecule has 0 aliphatic carbocycles. The van der Waals surface area contributed by atoms with Crippen LogP contribution in [-0.2, 0) is 0 Å². The molecule has 0 spiro atoms. The van der Waals surface area contributed by atoms with Crippen molar-refractivity contribution in [3.63, 3.8) is 0 Å². The van der Waals surface area contributed by atoms with Crippen LogP contribution in [0.4, 0.5) is 14.5 Å². The topological polar surface area (TPSA) is 12.4 Å². The number of hydrogen-bond donors (Lipinski definition) is 0. The van der Waals surface area contributed by atoms with Gasteiger partial charge in [0, 0.05) is 17.2 Å². The average molecular weight is 319 g/mol. The molecule has 1 nitrogen and oxygen atoms in total. The Labute approximate surface area is 139 Å². The lowest BCUT2D eigenvalue weighted by molar-refractivity contribution is 0.429. The summed E-state index contributed by atoms with van der Waals surface area (Å²) in [6.07, 6.45) is -0.872. The molecular weight excluding hydrogens is 304 g/mol. The summed E-state index contributed by atoms with van der Waals surface area (Å²) in [6, 6.07) is 26.5. The van der Waals surface area contributed by atoms with Gasteiger partial charge in [-0.3, -0.25) is 0 Å². The predicted octanol–water partition coefficient (Wildman–Crippen LogP) is 6.09. The first kappa shape index (κ1) is 15.8. The summed E-state index contributed by atoms with van der Waals surface area (Å²) in [6.45, 7) is 0. The van der Waals surface area contributed by atoms with Gasteiger partial charge in [-0.05, 0) is 17.7 Å². The van der Waals surface area contributed by atoms with Crippen molar-refractivity contribution in [2.45, 2.75) is 0 Å². The molecule has 0 N–H and O–H groups in total. The van der Waals surface area contributed by atoms with Gasteiger partial charge < -0.3 is 0 Å². The fourth-order valence-electron chi connectivity index (χ4n) is 2.39. The molecule has 0 amide bonds. The molecule has 0 aliphatic heterocycles. The first-order valence-corrected chi connectivity index (χ1v) is 7.55. The number of aliphatic imine (C=N–C) groups is 1. The smallest absolute Gasteiger partial charge is 0.248 e. The van der Waals surface area contributed by atoms with Crippen LogP contribution in [0.5, 0.6) is 0 Å². The van der Waals surface area contributed by atoms with Crippen molar-refractivity contribution in [1.29, 1.82) is 0 Å². The van der Waals surface area contributed by atoms with E-state index >= 15 is 0 Å². The summed E-state index contributed by atoms with van der Waals surface area (Å²) >= 11 is 0. The van der Waals surface area contributed by atoms with E-state index in [-0.39, 0.29) is 0 Å². The van der Waals surface area contributed by atoms with Crippen LogP contribution in [0.3, 0.4) is 0 Å². The lowest BCUT2D eigenvalue weighted by Crippen LogP contribution is -2.02. The first-order valence-electron chi connectivity index (χ1n) is 7.55. The molecule has 0 atom stereocenters. The zero-order valence-corrected chi connectivity index (χ0v) is 12.9. The molecular formula is C21H15F2N. The minimum Gasteiger partial charge on any atom is -0.248 e. The van der Waals surface area contributed by atoms with E-state index in [1.165, 1.54) is 0 Å². The fourth-order valence-corrected chi connectivity index (χ4v) is 2.39. The summed E-state index contributed by atoms with van der Waals surface area (Å²) in [5.74, 6) is 0. The molecule has 0 aromatic heterocycles. The molecule has 0 heterocycles. The van der Waals surface area contributed by atoms with E-state index in [0.29, 0.717) is 11.3 Å². The van der Waals surface area contributed by atoms with Crippen LogP contribution < -0.4 is 0 Å². The van der Waals surface area contributed by atoms with Gasteiger partial charge in [0.25, 0.3) is 6.08 Å². The Morgan fingerprint density at radius 3 is 1.62 bits per heavy atom. The summed E-state index contributed by atoms with van der Waals surface area (Å²) in [4.78, 5) is 4.73. The monoisotopic (exact) mass is 319 g/mol. The highest BCUT2D eigenvalue weighted by Gasteiger charge is 2.06. The summed E-state index contributed by atoms with van der Waals surface area (Å²) in [7, 11) is 0. The van der Waals surface area contributed by atoms with Crippen molar-refractivity contribution in [2.75, 3.05) is 0 Å². The van der Waals surface area contributed by atoms with E-state index in [2.05, 4.69) is 0 Å². The highest BCUT2D eigenvalue weighted by atomic mass is 19.3. The Balaban J connectivity index is 2.03. The summed E-state index contributed by atoms with van der Waals surface area (Å²) in [5.41, 5.74) is 4.02. The van der Waals surface area contributed by atoms with Gasteiger partial charge in [-0.15, -0.1) is 0 Å². The van der Waals surface area contributed by atoms with Crippen molar-refractivity contribution < 1.29 is 8.78 Å². The molecule has 0 unspecified atom stereocenters. The molecule has 0 aliphatic rings. The van der Waals surface area contributed by atoms with E-state index in [4.69, 9.17) is 4.99 Å². The van der Waals surface area contributed by atoms with Crippen LogP contribution in [0.25, 0.3) is 6.08 Å². The number of halogens is 2. The standard InChI is InChI=1S/C21H15F2N/c22-20(23)15-16-11-13-19(14-12-16)24-21(17-7-3-1-4-8-17)18-9-5-2-6-10-18/h1-15H. The van der Waals surface area contributed by atoms with Crippen LogP contribution in [0.15, 0.2) is 96.0 Å². The van der Waals surface area contributed by atoms with Gasteiger partial charge in [0.1, 0.15) is 0 Å². The third kappa shape index (κ3) is 4.02. The van der Waals surface area contributed by atoms with Crippen LogP contribution in [0, 0.1) is 0 Å². The van der Waals surface area contributed by atoms with Gasteiger partial charge in [0.2, 0.25) is 0 Å². The second kappa shape index (κ2) is 7.47. The minimum absolute atomic E-state index is 0.454. The number of rotatable bonds is 4. The summed E-state index contributed by atoms with van der Waals surface area (Å²) in [5, 5.41) is 0. The quantitative estimate of drug-likeness (QED) is 0.516. The van der Waals surface area contributed by atoms with Crippen molar-refractivity contribution in [3.05, 3.63) is 108 Å². The van der Waals surface area contributed by atoms with Gasteiger partial charge in [-0.1, -0.05) is 72.8 Å². The Morgan fingerprint density at radius 2 is 1.17 bits per heavy atom. The van der Waals surface area contributed by atoms with Crippen LogP contribution in [-0.4, -0.2) is 5.71 Å². The normalized spacial score (nSPS) is 10.1. The summed E-state index contributed by atoms with van der Waals surface area (Å²) < 4.78 is 24.6. The lowest BCUT2D eigenvalue weighted by atomic mass is 10.0. The second-order valence-corrected chi connectivity index (χ2v) is 5.22. The Bertz CT molecular complexity index is 806. The van der Waals surface area contributed by atoms with Crippen molar-refractivity contribution in [2.24, 2.45) is 4.99 Å². The zero-order chi connectivity index (χ0) is 16.8. The second-order valence-electron chi connectivity index (χ2n) is 5.22. The van der Waals surface area contributed by atoms with Crippen molar-refractivity contribution in [1.82, 2.24) is 0 Å². The molecule has 0 bridgehead atoms. The highest BCUT2D eigenvalue weighted by molar-refractivity contribution is 6.13. The third-order valence-corrected chi connectivity index (χ3v) is 3.50. The SMILES string of the molecule is FC(F)=Cc1ccc(N=C(c2ccccc2)c2ccccc2)cc1. The van der Waals surface area contributed by atoms with Crippen LogP contribution in [0.2, 0.25) is 0 Å². The highest BCUT2D eigenvalue weighted by Crippen LogP contribution is 2.20. The van der Waals surface area contributed by atoms with Crippen LogP contribution in [0.1, 0.15) is 16.7 Å². The molecule has 0 radical (unpaired) electrons. The predicted molar refractivity (Wildman–Crippen MR) is 94.8 cm³/mol. The molecule has 0 saturated heterocycles. The molecule has 3 aromatic rings. The number of hydrogen-bond acceptors (Lipinski definition) is 1. The maximum Gasteiger partial charge on any atom is 0.270 e. The largest absolute Gasteiger partial charge is 0.270 e. The van der Waals surface area contributed by atoms with E-state index in [1.54, 1.807) is 24.3 Å². The first-order chi connectivity index (χ1) is 11.7. The van der Waals surface area contributed by atoms with Crippen molar-refractivity contribution >= 4 is 17.5 Å². The maximum atomic E-state index is 12.3. The van der Waals surface area contributed by atoms with Crippen molar-refractivity contribution in [3.8, 4) is 0 Å². The molecule has 0 saturated carbocycles. The van der Waals surface area contributed by atoms with Gasteiger partial charge >= 0.3 is 0 Å². The average Bonchev–Trinajstić information content (AvgIpc) is 2.62. The van der Waals surface area contributed by atoms with E-state index in [9.17, 15) is 8.78 Å². The van der Waals surface area contributed by atoms with Gasteiger partial charge in [-0.25, -0.2) is 4.99 Å². The van der Waals surface area contributed by atoms with Gasteiger partial charge in [0.05, 0.1) is 11.4 Å². The zero-order valence-electron chi connectivity index (χ0n) is 12.9. The molecule has 118 valence electrons. The maximum absolute atomic E-state index is 12.3. The molecule has 3 aromatic carbocycles. The third-order valence-electron chi connectivity index (χ3n) is 3.50. The Morgan fingerprint density at radius 1 is 0.667 bits per heavy atom. The number of benzene rings is 3. The van der Waals surface area contributed by atoms with E-state index in [0.717, 1.165) is 22.9 Å². The molecule has 3 heteroatoms. The Kier molecular flexibility index (Phi) is 4.92. The van der Waals surface area contributed by atoms with Gasteiger partial charge in [0.15, 0.2) is 0 Å². The molecule has 0 fully saturated rings. The van der Waals surface area contributed by atoms with E-state index in [1.807, 2.05) is 60.7 Å². The van der Waals surface area contributed by atoms with Crippen LogP contribution >= 0.6 is 0 Å². The lowest BCUT2D eigenvalue weighted by Gasteiger charge is -2.08. The van der Waals surface area contributed by atoms with Gasteiger partial charge in [-0.2, -0.15) is 8.78 Å². The molecule has 3 rings (SSSR count). The number of nitrogens with zero attached hydrogens (tertiary/aromatic N) is 1. The van der Waals surface area contributed by atoms with E-state index < -0.39 is 6.08 Å². The molecule has 24 heavy (non-hydrogen) atoms. The Hall–Kier alpha value is -3.07.